The second kappa shape index (κ2) is 7.85. The van der Waals surface area contributed by atoms with Crippen LogP contribution in [0.4, 0.5) is 0 Å². The highest BCUT2D eigenvalue weighted by atomic mass is 17.2. The summed E-state index contributed by atoms with van der Waals surface area (Å²) in [5, 5.41) is 11.0. The third-order valence-electron chi connectivity index (χ3n) is 2.68. The minimum atomic E-state index is -1.21. The van der Waals surface area contributed by atoms with E-state index < -0.39 is 17.7 Å². The molecule has 0 saturated heterocycles. The lowest BCUT2D eigenvalue weighted by atomic mass is 9.84. The third kappa shape index (κ3) is 9.91. The lowest BCUT2D eigenvalue weighted by Gasteiger charge is -2.32. The molecule has 4 nitrogen and oxygen atoms in total. The average molecular weight is 273 g/mol. The van der Waals surface area contributed by atoms with Crippen LogP contribution >= 0.6 is 0 Å². The number of carboxylic acids is 1. The molecule has 0 aliphatic heterocycles. The maximum absolute atomic E-state index is 11.0. The van der Waals surface area contributed by atoms with Gasteiger partial charge in [0.25, 0.3) is 0 Å². The van der Waals surface area contributed by atoms with Gasteiger partial charge in [-0.25, -0.2) is 9.78 Å². The third-order valence-corrected chi connectivity index (χ3v) is 2.68. The highest BCUT2D eigenvalue weighted by Crippen LogP contribution is 2.30. The SMILES string of the molecule is CCCCCC(OOC(C)(C)CC(C)(C)C)C(=O)[O-]. The minimum absolute atomic E-state index is 0.0893. The van der Waals surface area contributed by atoms with Crippen molar-refractivity contribution >= 4 is 5.97 Å². The molecular formula is C15H29O4-. The number of carbonyl (C=O) groups is 1. The van der Waals surface area contributed by atoms with Gasteiger partial charge in [-0.3, -0.25) is 0 Å². The number of carbonyl (C=O) groups excluding carboxylic acids is 1. The Balaban J connectivity index is 4.26. The molecular weight excluding hydrogens is 244 g/mol. The van der Waals surface area contributed by atoms with Crippen molar-refractivity contribution in [3.8, 4) is 0 Å². The van der Waals surface area contributed by atoms with E-state index in [9.17, 15) is 9.90 Å². The summed E-state index contributed by atoms with van der Waals surface area (Å²) < 4.78 is 0. The first-order valence-electron chi connectivity index (χ1n) is 7.13. The molecule has 0 bridgehead atoms. The van der Waals surface area contributed by atoms with Gasteiger partial charge in [0, 0.05) is 0 Å². The monoisotopic (exact) mass is 273 g/mol. The van der Waals surface area contributed by atoms with E-state index in [-0.39, 0.29) is 5.41 Å². The van der Waals surface area contributed by atoms with Gasteiger partial charge >= 0.3 is 0 Å². The smallest absolute Gasteiger partial charge is 0.132 e. The number of aliphatic carboxylic acids is 1. The fraction of sp³-hybridized carbons (Fsp3) is 0.933. The lowest BCUT2D eigenvalue weighted by molar-refractivity contribution is -0.398. The summed E-state index contributed by atoms with van der Waals surface area (Å²) in [4.78, 5) is 21.4. The van der Waals surface area contributed by atoms with Crippen LogP contribution in [0.25, 0.3) is 0 Å². The van der Waals surface area contributed by atoms with Gasteiger partial charge in [0.2, 0.25) is 0 Å². The summed E-state index contributed by atoms with van der Waals surface area (Å²) in [7, 11) is 0. The predicted octanol–water partition coefficient (Wildman–Crippen LogP) is 2.85. The molecule has 0 aromatic carbocycles. The molecule has 4 heteroatoms. The summed E-state index contributed by atoms with van der Waals surface area (Å²) in [6.07, 6.45) is 3.05. The van der Waals surface area contributed by atoms with Crippen LogP contribution in [0.5, 0.6) is 0 Å². The van der Waals surface area contributed by atoms with Gasteiger partial charge < -0.3 is 9.90 Å². The molecule has 0 heterocycles. The average Bonchev–Trinajstić information content (AvgIpc) is 2.19. The van der Waals surface area contributed by atoms with Crippen LogP contribution in [0.2, 0.25) is 0 Å². The van der Waals surface area contributed by atoms with Crippen molar-refractivity contribution in [2.45, 2.75) is 85.4 Å². The van der Waals surface area contributed by atoms with Crippen LogP contribution in [0.15, 0.2) is 0 Å². The molecule has 114 valence electrons. The quantitative estimate of drug-likeness (QED) is 0.368. The van der Waals surface area contributed by atoms with Crippen molar-refractivity contribution in [2.75, 3.05) is 0 Å². The molecule has 1 unspecified atom stereocenters. The molecule has 0 N–H and O–H groups in total. The zero-order valence-corrected chi connectivity index (χ0v) is 13.2. The Labute approximate surface area is 117 Å². The fourth-order valence-corrected chi connectivity index (χ4v) is 2.28. The second-order valence-electron chi connectivity index (χ2n) is 6.98. The van der Waals surface area contributed by atoms with Gasteiger partial charge in [-0.1, -0.05) is 47.0 Å². The zero-order chi connectivity index (χ0) is 15.1. The predicted molar refractivity (Wildman–Crippen MR) is 73.3 cm³/mol. The number of rotatable bonds is 9. The minimum Gasteiger partial charge on any atom is -0.547 e. The Morgan fingerprint density at radius 2 is 1.74 bits per heavy atom. The van der Waals surface area contributed by atoms with Gasteiger partial charge in [0.1, 0.15) is 6.10 Å². The Bertz CT molecular complexity index is 266. The van der Waals surface area contributed by atoms with E-state index in [1.807, 2.05) is 13.8 Å². The summed E-state index contributed by atoms with van der Waals surface area (Å²) in [5.74, 6) is -1.21. The zero-order valence-electron chi connectivity index (χ0n) is 13.2. The van der Waals surface area contributed by atoms with Gasteiger partial charge in [-0.05, 0) is 32.1 Å². The summed E-state index contributed by atoms with van der Waals surface area (Å²) >= 11 is 0. The molecule has 0 aromatic heterocycles. The summed E-state index contributed by atoms with van der Waals surface area (Å²) in [6, 6.07) is 0. The molecule has 0 aliphatic rings. The van der Waals surface area contributed by atoms with E-state index in [1.165, 1.54) is 0 Å². The Morgan fingerprint density at radius 3 is 2.16 bits per heavy atom. The van der Waals surface area contributed by atoms with Crippen molar-refractivity contribution in [2.24, 2.45) is 5.41 Å². The molecule has 0 fully saturated rings. The van der Waals surface area contributed by atoms with Gasteiger partial charge in [-0.2, -0.15) is 0 Å². The van der Waals surface area contributed by atoms with Crippen LogP contribution in [-0.2, 0) is 14.6 Å². The molecule has 0 aromatic rings. The topological polar surface area (TPSA) is 58.6 Å². The highest BCUT2D eigenvalue weighted by Gasteiger charge is 2.28. The van der Waals surface area contributed by atoms with E-state index in [0.717, 1.165) is 25.7 Å². The normalized spacial score (nSPS) is 14.4. The molecule has 0 radical (unpaired) electrons. The maximum Gasteiger partial charge on any atom is 0.132 e. The van der Waals surface area contributed by atoms with Crippen LogP contribution in [0.3, 0.4) is 0 Å². The molecule has 1 atom stereocenters. The molecule has 0 aliphatic carbocycles. The molecule has 0 rings (SSSR count). The van der Waals surface area contributed by atoms with Crippen molar-refractivity contribution < 1.29 is 19.7 Å². The highest BCUT2D eigenvalue weighted by molar-refractivity contribution is 5.69. The van der Waals surface area contributed by atoms with Gasteiger partial charge in [-0.15, -0.1) is 0 Å². The van der Waals surface area contributed by atoms with Crippen LogP contribution in [0.1, 0.15) is 73.6 Å². The molecule has 19 heavy (non-hydrogen) atoms. The Hall–Kier alpha value is -0.610. The van der Waals surface area contributed by atoms with Gasteiger partial charge in [0.15, 0.2) is 0 Å². The standard InChI is InChI=1S/C15H30O4/c1-7-8-9-10-12(13(16)17)18-19-15(5,6)11-14(2,3)4/h12H,7-11H2,1-6H3,(H,16,17)/p-1. The van der Waals surface area contributed by atoms with Crippen molar-refractivity contribution in [3.05, 3.63) is 0 Å². The number of hydrogen-bond acceptors (Lipinski definition) is 4. The molecule has 0 spiro atoms. The Morgan fingerprint density at radius 1 is 1.16 bits per heavy atom. The number of carboxylic acid groups (broad SMARTS) is 1. The summed E-state index contributed by atoms with van der Waals surface area (Å²) in [5.41, 5.74) is -0.428. The van der Waals surface area contributed by atoms with E-state index in [2.05, 4.69) is 27.7 Å². The van der Waals surface area contributed by atoms with E-state index in [1.54, 1.807) is 0 Å². The van der Waals surface area contributed by atoms with Crippen LogP contribution < -0.4 is 5.11 Å². The van der Waals surface area contributed by atoms with E-state index in [0.29, 0.717) is 6.42 Å². The summed E-state index contributed by atoms with van der Waals surface area (Å²) in [6.45, 7) is 12.2. The Kier molecular flexibility index (Phi) is 7.60. The fourth-order valence-electron chi connectivity index (χ4n) is 2.28. The van der Waals surface area contributed by atoms with E-state index >= 15 is 0 Å². The number of unbranched alkanes of at least 4 members (excludes halogenated alkanes) is 2. The largest absolute Gasteiger partial charge is 0.547 e. The van der Waals surface area contributed by atoms with Crippen LogP contribution in [-0.4, -0.2) is 17.7 Å². The van der Waals surface area contributed by atoms with Crippen molar-refractivity contribution in [3.63, 3.8) is 0 Å². The maximum atomic E-state index is 11.0. The first-order chi connectivity index (χ1) is 8.57. The first-order valence-corrected chi connectivity index (χ1v) is 7.13. The molecule has 0 amide bonds. The number of hydrogen-bond donors (Lipinski definition) is 0. The lowest BCUT2D eigenvalue weighted by Crippen LogP contribution is -2.40. The van der Waals surface area contributed by atoms with Gasteiger partial charge in [0.05, 0.1) is 11.6 Å². The first kappa shape index (κ1) is 18.4. The van der Waals surface area contributed by atoms with Crippen molar-refractivity contribution in [1.29, 1.82) is 0 Å². The van der Waals surface area contributed by atoms with Crippen molar-refractivity contribution in [1.82, 2.24) is 0 Å². The molecule has 0 saturated carbocycles. The second-order valence-corrected chi connectivity index (χ2v) is 6.98. The van der Waals surface area contributed by atoms with Crippen LogP contribution in [0, 0.1) is 5.41 Å². The van der Waals surface area contributed by atoms with E-state index in [4.69, 9.17) is 9.78 Å².